The minimum absolute atomic E-state index is 0.904. The molecule has 10 aromatic rings. The van der Waals surface area contributed by atoms with E-state index in [9.17, 15) is 0 Å². The lowest BCUT2D eigenvalue weighted by molar-refractivity contribution is 0.669. The highest BCUT2D eigenvalue weighted by Gasteiger charge is 2.21. The maximum Gasteiger partial charge on any atom is 0.135 e. The molecule has 0 amide bonds. The summed E-state index contributed by atoms with van der Waals surface area (Å²) in [4.78, 5) is 7.57. The van der Waals surface area contributed by atoms with Crippen molar-refractivity contribution < 1.29 is 4.42 Å². The van der Waals surface area contributed by atoms with Crippen molar-refractivity contribution in [1.82, 2.24) is 14.5 Å². The molecule has 0 aliphatic rings. The predicted molar refractivity (Wildman–Crippen MR) is 167 cm³/mol. The Labute approximate surface area is 227 Å². The molecule has 0 bridgehead atoms. The Morgan fingerprint density at radius 1 is 0.450 bits per heavy atom. The van der Waals surface area contributed by atoms with Crippen LogP contribution in [0.25, 0.3) is 93.0 Å². The molecular weight excluding hydrogens is 490 g/mol. The van der Waals surface area contributed by atoms with Crippen LogP contribution >= 0.6 is 0 Å². The van der Waals surface area contributed by atoms with Crippen LogP contribution in [0.15, 0.2) is 120 Å². The molecule has 0 spiro atoms. The average molecular weight is 512 g/mol. The maximum atomic E-state index is 6.16. The number of fused-ring (bicyclic) bond motifs is 14. The fraction of sp³-hybridized carbons (Fsp3) is 0. The quantitative estimate of drug-likeness (QED) is 0.226. The molecule has 4 heterocycles. The average Bonchev–Trinajstić information content (AvgIpc) is 3.74. The number of rotatable bonds is 1. The van der Waals surface area contributed by atoms with Crippen LogP contribution < -0.4 is 0 Å². The second kappa shape index (κ2) is 7.13. The Bertz CT molecular complexity index is 2530. The molecule has 186 valence electrons. The normalized spacial score (nSPS) is 12.5. The van der Waals surface area contributed by atoms with Gasteiger partial charge >= 0.3 is 0 Å². The fourth-order valence-electron chi connectivity index (χ4n) is 6.96. The molecule has 40 heavy (non-hydrogen) atoms. The monoisotopic (exact) mass is 511 g/mol. The highest BCUT2D eigenvalue weighted by molar-refractivity contribution is 6.32. The van der Waals surface area contributed by atoms with Crippen LogP contribution in [0.5, 0.6) is 0 Å². The molecule has 10 rings (SSSR count). The van der Waals surface area contributed by atoms with Crippen LogP contribution in [0.1, 0.15) is 0 Å². The highest BCUT2D eigenvalue weighted by atomic mass is 16.3. The van der Waals surface area contributed by atoms with Gasteiger partial charge in [-0.25, -0.2) is 0 Å². The molecule has 6 aromatic carbocycles. The predicted octanol–water partition coefficient (Wildman–Crippen LogP) is 9.95. The zero-order valence-corrected chi connectivity index (χ0v) is 21.3. The van der Waals surface area contributed by atoms with E-state index in [4.69, 9.17) is 4.42 Å². The Balaban J connectivity index is 1.43. The Morgan fingerprint density at radius 2 is 1.00 bits per heavy atom. The molecular formula is C36H21N3O. The molecule has 0 atom stereocenters. The van der Waals surface area contributed by atoms with Crippen molar-refractivity contribution in [3.05, 3.63) is 115 Å². The van der Waals surface area contributed by atoms with Crippen molar-refractivity contribution in [3.63, 3.8) is 0 Å². The van der Waals surface area contributed by atoms with Gasteiger partial charge in [0.2, 0.25) is 0 Å². The van der Waals surface area contributed by atoms with Gasteiger partial charge in [-0.15, -0.1) is 0 Å². The molecule has 4 nitrogen and oxygen atoms in total. The molecule has 0 fully saturated rings. The van der Waals surface area contributed by atoms with Gasteiger partial charge in [-0.3, -0.25) is 0 Å². The molecule has 4 aromatic heterocycles. The lowest BCUT2D eigenvalue weighted by Gasteiger charge is -2.08. The molecule has 4 heteroatoms. The SMILES string of the molecule is c1ccc2c(c1)[nH]c1c2ccc2c1c1c3[nH]c4ccccc4c3ccc1n2-c1ccc2oc3ccccc3c2c1. The molecule has 0 aliphatic heterocycles. The summed E-state index contributed by atoms with van der Waals surface area (Å²) < 4.78 is 8.57. The first-order valence-corrected chi connectivity index (χ1v) is 13.6. The van der Waals surface area contributed by atoms with Gasteiger partial charge in [-0.05, 0) is 48.5 Å². The van der Waals surface area contributed by atoms with E-state index in [0.29, 0.717) is 0 Å². The van der Waals surface area contributed by atoms with Crippen LogP contribution in [0.4, 0.5) is 0 Å². The number of H-pyrrole nitrogens is 2. The van der Waals surface area contributed by atoms with Crippen LogP contribution in [-0.4, -0.2) is 14.5 Å². The van der Waals surface area contributed by atoms with Gasteiger partial charge in [0.1, 0.15) is 11.2 Å². The van der Waals surface area contributed by atoms with Crippen molar-refractivity contribution in [1.29, 1.82) is 0 Å². The first-order chi connectivity index (χ1) is 19.8. The van der Waals surface area contributed by atoms with E-state index in [1.54, 1.807) is 0 Å². The van der Waals surface area contributed by atoms with E-state index < -0.39 is 0 Å². The van der Waals surface area contributed by atoms with E-state index in [1.165, 1.54) is 54.4 Å². The lowest BCUT2D eigenvalue weighted by Crippen LogP contribution is -1.93. The molecule has 0 unspecified atom stereocenters. The number of para-hydroxylation sites is 3. The third-order valence-corrected chi connectivity index (χ3v) is 8.67. The summed E-state index contributed by atoms with van der Waals surface area (Å²) in [5, 5.41) is 9.71. The minimum atomic E-state index is 0.904. The van der Waals surface area contributed by atoms with Gasteiger partial charge in [-0.2, -0.15) is 0 Å². The summed E-state index contributed by atoms with van der Waals surface area (Å²) in [7, 11) is 0. The second-order valence-electron chi connectivity index (χ2n) is 10.7. The number of nitrogens with zero attached hydrogens (tertiary/aromatic N) is 1. The number of hydrogen-bond donors (Lipinski definition) is 2. The number of aromatic nitrogens is 3. The second-order valence-corrected chi connectivity index (χ2v) is 10.7. The van der Waals surface area contributed by atoms with Crippen molar-refractivity contribution in [2.75, 3.05) is 0 Å². The maximum absolute atomic E-state index is 6.16. The number of benzene rings is 6. The molecule has 0 radical (unpaired) electrons. The Hall–Kier alpha value is -5.48. The lowest BCUT2D eigenvalue weighted by atomic mass is 10.1. The van der Waals surface area contributed by atoms with Crippen LogP contribution in [0.3, 0.4) is 0 Å². The number of aromatic amines is 2. The summed E-state index contributed by atoms with van der Waals surface area (Å²) in [6, 6.07) is 41.1. The van der Waals surface area contributed by atoms with Crippen LogP contribution in [0.2, 0.25) is 0 Å². The summed E-state index contributed by atoms with van der Waals surface area (Å²) in [6.45, 7) is 0. The van der Waals surface area contributed by atoms with Crippen molar-refractivity contribution in [3.8, 4) is 5.69 Å². The highest BCUT2D eigenvalue weighted by Crippen LogP contribution is 2.43. The van der Waals surface area contributed by atoms with Gasteiger partial charge in [0.25, 0.3) is 0 Å². The van der Waals surface area contributed by atoms with Crippen molar-refractivity contribution >= 4 is 87.4 Å². The molecule has 0 saturated heterocycles. The number of hydrogen-bond acceptors (Lipinski definition) is 1. The van der Waals surface area contributed by atoms with E-state index in [2.05, 4.69) is 118 Å². The van der Waals surface area contributed by atoms with Gasteiger partial charge in [0, 0.05) is 59.8 Å². The summed E-state index contributed by atoms with van der Waals surface area (Å²) in [5.74, 6) is 0. The van der Waals surface area contributed by atoms with Gasteiger partial charge in [-0.1, -0.05) is 66.7 Å². The summed E-state index contributed by atoms with van der Waals surface area (Å²) >= 11 is 0. The minimum Gasteiger partial charge on any atom is -0.456 e. The number of nitrogens with one attached hydrogen (secondary N) is 2. The number of furan rings is 1. The zero-order valence-electron chi connectivity index (χ0n) is 21.3. The third-order valence-electron chi connectivity index (χ3n) is 8.67. The third kappa shape index (κ3) is 2.46. The van der Waals surface area contributed by atoms with E-state index in [0.717, 1.165) is 38.7 Å². The van der Waals surface area contributed by atoms with Gasteiger partial charge in [0.05, 0.1) is 22.1 Å². The van der Waals surface area contributed by atoms with Crippen molar-refractivity contribution in [2.24, 2.45) is 0 Å². The standard InChI is InChI=1S/C36H21N3O/c1-4-10-27-21(7-1)24-14-16-29-33(35(24)37-27)34-30(17-15-25-22-8-2-5-11-28(22)38-36(25)34)39(29)20-13-18-32-26(19-20)23-9-3-6-12-31(23)40-32/h1-19,37-38H. The topological polar surface area (TPSA) is 49.6 Å². The largest absolute Gasteiger partial charge is 0.456 e. The van der Waals surface area contributed by atoms with E-state index in [1.807, 2.05) is 12.1 Å². The molecule has 2 N–H and O–H groups in total. The van der Waals surface area contributed by atoms with Crippen LogP contribution in [0, 0.1) is 0 Å². The zero-order chi connectivity index (χ0) is 25.9. The fourth-order valence-corrected chi connectivity index (χ4v) is 6.96. The first-order valence-electron chi connectivity index (χ1n) is 13.6. The summed E-state index contributed by atoms with van der Waals surface area (Å²) in [6.07, 6.45) is 0. The van der Waals surface area contributed by atoms with Gasteiger partial charge in [0.15, 0.2) is 0 Å². The van der Waals surface area contributed by atoms with Crippen molar-refractivity contribution in [2.45, 2.75) is 0 Å². The molecule has 0 aliphatic carbocycles. The Morgan fingerprint density at radius 3 is 1.65 bits per heavy atom. The van der Waals surface area contributed by atoms with Gasteiger partial charge < -0.3 is 19.0 Å². The Kier molecular flexibility index (Phi) is 3.65. The van der Waals surface area contributed by atoms with E-state index >= 15 is 0 Å². The molecule has 0 saturated carbocycles. The van der Waals surface area contributed by atoms with E-state index in [-0.39, 0.29) is 0 Å². The first kappa shape index (κ1) is 20.5. The summed E-state index contributed by atoms with van der Waals surface area (Å²) in [5.41, 5.74) is 9.93. The van der Waals surface area contributed by atoms with Crippen LogP contribution in [-0.2, 0) is 0 Å². The smallest absolute Gasteiger partial charge is 0.135 e.